The zero-order valence-corrected chi connectivity index (χ0v) is 14.0. The Hall–Kier alpha value is -0.680. The van der Waals surface area contributed by atoms with E-state index in [0.29, 0.717) is 16.2 Å². The second-order valence-electron chi connectivity index (χ2n) is 5.83. The van der Waals surface area contributed by atoms with Gasteiger partial charge in [0.2, 0.25) is 0 Å². The second kappa shape index (κ2) is 6.39. The van der Waals surface area contributed by atoms with Crippen LogP contribution in [0.5, 0.6) is 0 Å². The monoisotopic (exact) mass is 342 g/mol. The van der Waals surface area contributed by atoms with Gasteiger partial charge in [-0.25, -0.2) is 4.98 Å². The summed E-state index contributed by atoms with van der Waals surface area (Å²) >= 11 is 3.34. The van der Waals surface area contributed by atoms with Gasteiger partial charge in [-0.1, -0.05) is 26.7 Å². The Morgan fingerprint density at radius 1 is 1.55 bits per heavy atom. The molecule has 2 rings (SSSR count). The number of nitrogens with one attached hydrogen (secondary N) is 1. The molecule has 20 heavy (non-hydrogen) atoms. The fourth-order valence-corrected chi connectivity index (χ4v) is 3.51. The van der Waals surface area contributed by atoms with Crippen molar-refractivity contribution in [3.63, 3.8) is 0 Å². The average Bonchev–Trinajstić information content (AvgIpc) is 2.43. The minimum absolute atomic E-state index is 0.104. The number of halogens is 1. The first-order chi connectivity index (χ1) is 9.52. The Bertz CT molecular complexity index is 529. The Morgan fingerprint density at radius 3 is 2.90 bits per heavy atom. The molecule has 0 radical (unpaired) electrons. The summed E-state index contributed by atoms with van der Waals surface area (Å²) in [6.45, 7) is 4.32. The predicted molar refractivity (Wildman–Crippen MR) is 82.9 cm³/mol. The summed E-state index contributed by atoms with van der Waals surface area (Å²) < 4.78 is 6.37. The highest BCUT2D eigenvalue weighted by atomic mass is 79.9. The van der Waals surface area contributed by atoms with Crippen molar-refractivity contribution in [3.8, 4) is 0 Å². The van der Waals surface area contributed by atoms with Crippen LogP contribution in [-0.4, -0.2) is 17.1 Å². The molecule has 2 atom stereocenters. The highest BCUT2D eigenvalue weighted by molar-refractivity contribution is 9.10. The molecule has 2 unspecified atom stereocenters. The third kappa shape index (κ3) is 2.98. The number of methoxy groups -OCH3 is 1. The standard InChI is InChI=1S/C15H23BrN2O2/c1-4-6-11-12(16)13(19)18-14(17-11)15(20-3)8-5-7-10(2)9-15/h10H,4-9H2,1-3H3,(H,17,18,19). The van der Waals surface area contributed by atoms with E-state index in [9.17, 15) is 4.79 Å². The summed E-state index contributed by atoms with van der Waals surface area (Å²) in [5.74, 6) is 1.29. The number of aryl methyl sites for hydroxylation is 1. The second-order valence-corrected chi connectivity index (χ2v) is 6.62. The molecule has 1 aromatic heterocycles. The van der Waals surface area contributed by atoms with Crippen molar-refractivity contribution in [2.75, 3.05) is 7.11 Å². The van der Waals surface area contributed by atoms with E-state index in [1.165, 1.54) is 6.42 Å². The first-order valence-corrected chi connectivity index (χ1v) is 8.16. The summed E-state index contributed by atoms with van der Waals surface area (Å²) in [6, 6.07) is 0. The van der Waals surface area contributed by atoms with Gasteiger partial charge in [0.15, 0.2) is 0 Å². The van der Waals surface area contributed by atoms with E-state index in [1.807, 2.05) is 0 Å². The molecule has 5 heteroatoms. The van der Waals surface area contributed by atoms with Gasteiger partial charge in [0.05, 0.1) is 5.69 Å². The van der Waals surface area contributed by atoms with E-state index < -0.39 is 5.60 Å². The van der Waals surface area contributed by atoms with Gasteiger partial charge in [-0.3, -0.25) is 4.79 Å². The number of H-pyrrole nitrogens is 1. The molecule has 1 saturated carbocycles. The van der Waals surface area contributed by atoms with Gasteiger partial charge in [0.1, 0.15) is 15.9 Å². The summed E-state index contributed by atoms with van der Waals surface area (Å²) in [5.41, 5.74) is 0.300. The van der Waals surface area contributed by atoms with Gasteiger partial charge >= 0.3 is 0 Å². The largest absolute Gasteiger partial charge is 0.370 e. The Balaban J connectivity index is 2.46. The number of ether oxygens (including phenoxy) is 1. The fraction of sp³-hybridized carbons (Fsp3) is 0.733. The molecule has 1 aliphatic rings. The Kier molecular flexibility index (Phi) is 5.02. The van der Waals surface area contributed by atoms with Crippen LogP contribution in [-0.2, 0) is 16.8 Å². The molecule has 0 amide bonds. The van der Waals surface area contributed by atoms with Crippen LogP contribution >= 0.6 is 15.9 Å². The van der Waals surface area contributed by atoms with Gasteiger partial charge in [0.25, 0.3) is 5.56 Å². The fourth-order valence-electron chi connectivity index (χ4n) is 3.12. The normalized spacial score (nSPS) is 26.7. The van der Waals surface area contributed by atoms with Crippen LogP contribution in [0.3, 0.4) is 0 Å². The quantitative estimate of drug-likeness (QED) is 0.910. The lowest BCUT2D eigenvalue weighted by Crippen LogP contribution is -2.38. The molecule has 0 aliphatic heterocycles. The molecule has 1 aliphatic carbocycles. The SMILES string of the molecule is CCCc1nc(C2(OC)CCCC(C)C2)[nH]c(=O)c1Br. The summed E-state index contributed by atoms with van der Waals surface area (Å²) in [6.07, 6.45) is 5.92. The molecule has 112 valence electrons. The topological polar surface area (TPSA) is 55.0 Å². The van der Waals surface area contributed by atoms with Crippen molar-refractivity contribution in [1.82, 2.24) is 9.97 Å². The van der Waals surface area contributed by atoms with Crippen molar-refractivity contribution in [3.05, 3.63) is 26.3 Å². The van der Waals surface area contributed by atoms with Crippen LogP contribution in [0.25, 0.3) is 0 Å². The Labute approximate surface area is 128 Å². The summed E-state index contributed by atoms with van der Waals surface area (Å²) in [4.78, 5) is 19.7. The molecule has 4 nitrogen and oxygen atoms in total. The van der Waals surface area contributed by atoms with Gasteiger partial charge in [-0.05, 0) is 47.5 Å². The van der Waals surface area contributed by atoms with Gasteiger partial charge in [-0.2, -0.15) is 0 Å². The molecular formula is C15H23BrN2O2. The van der Waals surface area contributed by atoms with Crippen LogP contribution in [0.1, 0.15) is 57.5 Å². The van der Waals surface area contributed by atoms with Gasteiger partial charge in [-0.15, -0.1) is 0 Å². The van der Waals surface area contributed by atoms with Crippen molar-refractivity contribution in [2.24, 2.45) is 5.92 Å². The minimum atomic E-state index is -0.431. The summed E-state index contributed by atoms with van der Waals surface area (Å²) in [5, 5.41) is 0. The third-order valence-corrected chi connectivity index (χ3v) is 5.01. The zero-order valence-electron chi connectivity index (χ0n) is 12.5. The highest BCUT2D eigenvalue weighted by Crippen LogP contribution is 2.41. The maximum atomic E-state index is 12.1. The highest BCUT2D eigenvalue weighted by Gasteiger charge is 2.39. The van der Waals surface area contributed by atoms with Crippen LogP contribution in [0.2, 0.25) is 0 Å². The first-order valence-electron chi connectivity index (χ1n) is 7.36. The average molecular weight is 343 g/mol. The molecule has 1 heterocycles. The molecule has 1 N–H and O–H groups in total. The van der Waals surface area contributed by atoms with E-state index in [0.717, 1.165) is 37.8 Å². The number of hydrogen-bond acceptors (Lipinski definition) is 3. The first kappa shape index (κ1) is 15.7. The molecule has 0 saturated heterocycles. The number of aromatic nitrogens is 2. The van der Waals surface area contributed by atoms with Crippen LogP contribution < -0.4 is 5.56 Å². The van der Waals surface area contributed by atoms with Crippen LogP contribution in [0.15, 0.2) is 9.27 Å². The van der Waals surface area contributed by atoms with Crippen molar-refractivity contribution >= 4 is 15.9 Å². The lowest BCUT2D eigenvalue weighted by atomic mass is 9.78. The molecular weight excluding hydrogens is 320 g/mol. The van der Waals surface area contributed by atoms with Gasteiger partial charge in [0, 0.05) is 7.11 Å². The predicted octanol–water partition coefficient (Wildman–Crippen LogP) is 3.54. The van der Waals surface area contributed by atoms with Crippen molar-refractivity contribution in [2.45, 2.75) is 58.0 Å². The minimum Gasteiger partial charge on any atom is -0.370 e. The molecule has 0 aromatic carbocycles. The lowest BCUT2D eigenvalue weighted by molar-refractivity contribution is -0.0649. The van der Waals surface area contributed by atoms with E-state index in [2.05, 4.69) is 34.8 Å². The van der Waals surface area contributed by atoms with Crippen LogP contribution in [0.4, 0.5) is 0 Å². The molecule has 0 bridgehead atoms. The number of nitrogens with zero attached hydrogens (tertiary/aromatic N) is 1. The number of rotatable bonds is 4. The van der Waals surface area contributed by atoms with Crippen molar-refractivity contribution in [1.29, 1.82) is 0 Å². The zero-order chi connectivity index (χ0) is 14.8. The van der Waals surface area contributed by atoms with E-state index in [4.69, 9.17) is 9.72 Å². The summed E-state index contributed by atoms with van der Waals surface area (Å²) in [7, 11) is 1.72. The molecule has 1 aromatic rings. The van der Waals surface area contributed by atoms with E-state index in [-0.39, 0.29) is 5.56 Å². The molecule has 0 spiro atoms. The van der Waals surface area contributed by atoms with E-state index >= 15 is 0 Å². The number of aromatic amines is 1. The molecule has 1 fully saturated rings. The third-order valence-electron chi connectivity index (χ3n) is 4.20. The number of hydrogen-bond donors (Lipinski definition) is 1. The van der Waals surface area contributed by atoms with E-state index in [1.54, 1.807) is 7.11 Å². The maximum absolute atomic E-state index is 12.1. The smallest absolute Gasteiger partial charge is 0.265 e. The Morgan fingerprint density at radius 2 is 2.30 bits per heavy atom. The lowest BCUT2D eigenvalue weighted by Gasteiger charge is -2.38. The maximum Gasteiger partial charge on any atom is 0.265 e. The van der Waals surface area contributed by atoms with Crippen molar-refractivity contribution < 1.29 is 4.74 Å². The van der Waals surface area contributed by atoms with Gasteiger partial charge < -0.3 is 9.72 Å². The van der Waals surface area contributed by atoms with Crippen LogP contribution in [0, 0.1) is 5.92 Å².